The number of rotatable bonds is 7. The highest BCUT2D eigenvalue weighted by Gasteiger charge is 2.22. The molecule has 1 atom stereocenters. The van der Waals surface area contributed by atoms with Crippen molar-refractivity contribution >= 4 is 24.0 Å². The van der Waals surface area contributed by atoms with Gasteiger partial charge in [0.15, 0.2) is 0 Å². The lowest BCUT2D eigenvalue weighted by molar-refractivity contribution is -0.119. The maximum Gasteiger partial charge on any atom is 0.228 e. The molecule has 1 heterocycles. The molecule has 1 unspecified atom stereocenters. The Morgan fingerprint density at radius 1 is 1.12 bits per heavy atom. The summed E-state index contributed by atoms with van der Waals surface area (Å²) in [7, 11) is 0. The standard InChI is InChI=1S/C20H24N2O2.ClH/c23-20(18-9-11-21-14-18)22-19-8-4-7-17(13-19)15-24-12-10-16-5-2-1-3-6-16;/h1-8,13,18,21H,9-12,14-15H2,(H,22,23);1H. The quantitative estimate of drug-likeness (QED) is 0.744. The molecule has 1 amide bonds. The van der Waals surface area contributed by atoms with Gasteiger partial charge in [-0.25, -0.2) is 0 Å². The number of halogens is 1. The van der Waals surface area contributed by atoms with Gasteiger partial charge in [0.25, 0.3) is 0 Å². The van der Waals surface area contributed by atoms with E-state index >= 15 is 0 Å². The second-order valence-corrected chi connectivity index (χ2v) is 6.17. The molecular formula is C20H25ClN2O2. The van der Waals surface area contributed by atoms with Crippen LogP contribution in [-0.2, 0) is 22.6 Å². The normalized spacial score (nSPS) is 16.2. The highest BCUT2D eigenvalue weighted by molar-refractivity contribution is 5.92. The zero-order valence-corrected chi connectivity index (χ0v) is 15.1. The van der Waals surface area contributed by atoms with Crippen LogP contribution in [0, 0.1) is 5.92 Å². The summed E-state index contributed by atoms with van der Waals surface area (Å²) < 4.78 is 5.76. The predicted octanol–water partition coefficient (Wildman–Crippen LogP) is 3.42. The van der Waals surface area contributed by atoms with E-state index in [1.54, 1.807) is 0 Å². The minimum absolute atomic E-state index is 0. The molecular weight excluding hydrogens is 336 g/mol. The summed E-state index contributed by atoms with van der Waals surface area (Å²) in [6.45, 7) is 2.94. The van der Waals surface area contributed by atoms with Gasteiger partial charge in [0, 0.05) is 12.2 Å². The monoisotopic (exact) mass is 360 g/mol. The molecule has 2 aromatic carbocycles. The number of carbonyl (C=O) groups excluding carboxylic acids is 1. The van der Waals surface area contributed by atoms with Gasteiger partial charge in [-0.1, -0.05) is 42.5 Å². The summed E-state index contributed by atoms with van der Waals surface area (Å²) in [5.74, 6) is 0.179. The van der Waals surface area contributed by atoms with Gasteiger partial charge in [-0.15, -0.1) is 12.4 Å². The van der Waals surface area contributed by atoms with Crippen molar-refractivity contribution in [3.8, 4) is 0 Å². The van der Waals surface area contributed by atoms with Crippen LogP contribution >= 0.6 is 12.4 Å². The Morgan fingerprint density at radius 3 is 2.68 bits per heavy atom. The van der Waals surface area contributed by atoms with Crippen molar-refractivity contribution in [3.63, 3.8) is 0 Å². The zero-order valence-electron chi connectivity index (χ0n) is 14.2. The number of hydrogen-bond acceptors (Lipinski definition) is 3. The topological polar surface area (TPSA) is 50.4 Å². The average Bonchev–Trinajstić information content (AvgIpc) is 3.15. The minimum atomic E-state index is 0. The van der Waals surface area contributed by atoms with Crippen molar-refractivity contribution in [3.05, 3.63) is 65.7 Å². The SMILES string of the molecule is Cl.O=C(Nc1cccc(COCCc2ccccc2)c1)C1CCNC1. The van der Waals surface area contributed by atoms with Crippen LogP contribution in [0.25, 0.3) is 0 Å². The molecule has 2 N–H and O–H groups in total. The van der Waals surface area contributed by atoms with Crippen LogP contribution in [0.3, 0.4) is 0 Å². The molecule has 5 heteroatoms. The fourth-order valence-electron chi connectivity index (χ4n) is 2.89. The van der Waals surface area contributed by atoms with E-state index in [1.807, 2.05) is 42.5 Å². The van der Waals surface area contributed by atoms with Gasteiger partial charge in [-0.05, 0) is 42.6 Å². The number of ether oxygens (including phenoxy) is 1. The molecule has 2 aromatic rings. The van der Waals surface area contributed by atoms with E-state index in [-0.39, 0.29) is 24.2 Å². The van der Waals surface area contributed by atoms with Crippen LogP contribution < -0.4 is 10.6 Å². The Balaban J connectivity index is 0.00000225. The molecule has 25 heavy (non-hydrogen) atoms. The van der Waals surface area contributed by atoms with Gasteiger partial charge in [0.1, 0.15) is 0 Å². The molecule has 0 aliphatic carbocycles. The Bertz CT molecular complexity index is 658. The van der Waals surface area contributed by atoms with Gasteiger partial charge >= 0.3 is 0 Å². The highest BCUT2D eigenvalue weighted by Crippen LogP contribution is 2.15. The third-order valence-corrected chi connectivity index (χ3v) is 4.27. The number of hydrogen-bond donors (Lipinski definition) is 2. The fourth-order valence-corrected chi connectivity index (χ4v) is 2.89. The first-order chi connectivity index (χ1) is 11.8. The van der Waals surface area contributed by atoms with Crippen LogP contribution in [0.1, 0.15) is 17.5 Å². The average molecular weight is 361 g/mol. The molecule has 4 nitrogen and oxygen atoms in total. The zero-order chi connectivity index (χ0) is 16.6. The Morgan fingerprint density at radius 2 is 1.92 bits per heavy atom. The molecule has 0 bridgehead atoms. The smallest absolute Gasteiger partial charge is 0.228 e. The van der Waals surface area contributed by atoms with Gasteiger partial charge in [-0.2, -0.15) is 0 Å². The summed E-state index contributed by atoms with van der Waals surface area (Å²) in [4.78, 5) is 12.2. The molecule has 1 saturated heterocycles. The molecule has 0 spiro atoms. The summed E-state index contributed by atoms with van der Waals surface area (Å²) in [6.07, 6.45) is 1.82. The molecule has 3 rings (SSSR count). The number of amides is 1. The van der Waals surface area contributed by atoms with E-state index in [9.17, 15) is 4.79 Å². The summed E-state index contributed by atoms with van der Waals surface area (Å²) >= 11 is 0. The third kappa shape index (κ3) is 6.16. The van der Waals surface area contributed by atoms with E-state index in [4.69, 9.17) is 4.74 Å². The number of nitrogens with one attached hydrogen (secondary N) is 2. The van der Waals surface area contributed by atoms with Crippen molar-refractivity contribution in [2.45, 2.75) is 19.4 Å². The van der Waals surface area contributed by atoms with E-state index in [0.717, 1.165) is 37.2 Å². The molecule has 1 fully saturated rings. The number of anilines is 1. The summed E-state index contributed by atoms with van der Waals surface area (Å²) in [5.41, 5.74) is 3.20. The first kappa shape index (κ1) is 19.4. The fraction of sp³-hybridized carbons (Fsp3) is 0.350. The number of carbonyl (C=O) groups is 1. The second kappa shape index (κ2) is 10.2. The van der Waals surface area contributed by atoms with E-state index in [1.165, 1.54) is 5.56 Å². The molecule has 0 radical (unpaired) electrons. The van der Waals surface area contributed by atoms with E-state index in [0.29, 0.717) is 13.2 Å². The maximum atomic E-state index is 12.2. The lowest BCUT2D eigenvalue weighted by atomic mass is 10.1. The highest BCUT2D eigenvalue weighted by atomic mass is 35.5. The lowest BCUT2D eigenvalue weighted by Gasteiger charge is -2.11. The lowest BCUT2D eigenvalue weighted by Crippen LogP contribution is -2.24. The van der Waals surface area contributed by atoms with Crippen molar-refractivity contribution in [1.29, 1.82) is 0 Å². The van der Waals surface area contributed by atoms with Gasteiger partial charge in [0.05, 0.1) is 19.1 Å². The van der Waals surface area contributed by atoms with Crippen LogP contribution in [-0.4, -0.2) is 25.6 Å². The van der Waals surface area contributed by atoms with Crippen LogP contribution in [0.15, 0.2) is 54.6 Å². The van der Waals surface area contributed by atoms with Gasteiger partial charge in [-0.3, -0.25) is 4.79 Å². The maximum absolute atomic E-state index is 12.2. The largest absolute Gasteiger partial charge is 0.376 e. The van der Waals surface area contributed by atoms with Crippen molar-refractivity contribution < 1.29 is 9.53 Å². The third-order valence-electron chi connectivity index (χ3n) is 4.27. The van der Waals surface area contributed by atoms with Gasteiger partial charge < -0.3 is 15.4 Å². The first-order valence-corrected chi connectivity index (χ1v) is 8.53. The molecule has 1 aliphatic heterocycles. The van der Waals surface area contributed by atoms with Gasteiger partial charge in [0.2, 0.25) is 5.91 Å². The summed E-state index contributed by atoms with van der Waals surface area (Å²) in [5, 5.41) is 6.22. The van der Waals surface area contributed by atoms with Crippen LogP contribution in [0.5, 0.6) is 0 Å². The number of benzene rings is 2. The first-order valence-electron chi connectivity index (χ1n) is 8.53. The van der Waals surface area contributed by atoms with Crippen molar-refractivity contribution in [2.75, 3.05) is 25.0 Å². The second-order valence-electron chi connectivity index (χ2n) is 6.17. The van der Waals surface area contributed by atoms with Crippen molar-refractivity contribution in [2.24, 2.45) is 5.92 Å². The summed E-state index contributed by atoms with van der Waals surface area (Å²) in [6, 6.07) is 18.2. The Labute approximate surface area is 155 Å². The van der Waals surface area contributed by atoms with E-state index in [2.05, 4.69) is 22.8 Å². The Hall–Kier alpha value is -1.88. The minimum Gasteiger partial charge on any atom is -0.376 e. The Kier molecular flexibility index (Phi) is 7.92. The van der Waals surface area contributed by atoms with Crippen molar-refractivity contribution in [1.82, 2.24) is 5.32 Å². The molecule has 1 aliphatic rings. The molecule has 0 aromatic heterocycles. The molecule has 134 valence electrons. The van der Waals surface area contributed by atoms with Crippen LogP contribution in [0.4, 0.5) is 5.69 Å². The van der Waals surface area contributed by atoms with E-state index < -0.39 is 0 Å². The van der Waals surface area contributed by atoms with Crippen LogP contribution in [0.2, 0.25) is 0 Å². The molecule has 0 saturated carbocycles. The predicted molar refractivity (Wildman–Crippen MR) is 103 cm³/mol.